The summed E-state index contributed by atoms with van der Waals surface area (Å²) in [6.45, 7) is 8.60. The minimum Gasteiger partial charge on any atom is -0.394 e. The lowest BCUT2D eigenvalue weighted by molar-refractivity contribution is -0.124. The van der Waals surface area contributed by atoms with Crippen LogP contribution in [0.4, 0.5) is 5.69 Å². The van der Waals surface area contributed by atoms with Crippen molar-refractivity contribution in [1.29, 1.82) is 0 Å². The maximum atomic E-state index is 12.3. The van der Waals surface area contributed by atoms with Gasteiger partial charge >= 0.3 is 0 Å². The van der Waals surface area contributed by atoms with Crippen LogP contribution in [-0.4, -0.2) is 35.7 Å². The molecule has 1 amide bonds. The molecule has 2 rings (SSSR count). The van der Waals surface area contributed by atoms with Gasteiger partial charge in [-0.2, -0.15) is 0 Å². The smallest absolute Gasteiger partial charge is 0.246 e. The van der Waals surface area contributed by atoms with E-state index >= 15 is 0 Å². The molecule has 1 aromatic rings. The molecule has 4 nitrogen and oxygen atoms in total. The molecular formula is C15H22N2O2. The Labute approximate surface area is 114 Å². The summed E-state index contributed by atoms with van der Waals surface area (Å²) in [5.41, 5.74) is 3.08. The van der Waals surface area contributed by atoms with Crippen LogP contribution in [0.1, 0.15) is 25.0 Å². The lowest BCUT2D eigenvalue weighted by Crippen LogP contribution is -2.66. The Morgan fingerprint density at radius 3 is 2.63 bits per heavy atom. The highest BCUT2D eigenvalue weighted by atomic mass is 16.3. The molecule has 0 saturated carbocycles. The normalized spacial score (nSPS) is 22.7. The molecule has 1 saturated heterocycles. The number of amides is 1. The van der Waals surface area contributed by atoms with E-state index in [9.17, 15) is 9.90 Å². The van der Waals surface area contributed by atoms with E-state index in [-0.39, 0.29) is 18.1 Å². The highest BCUT2D eigenvalue weighted by molar-refractivity contribution is 5.98. The molecular weight excluding hydrogens is 240 g/mol. The van der Waals surface area contributed by atoms with Crippen molar-refractivity contribution in [3.8, 4) is 0 Å². The third-order valence-corrected chi connectivity index (χ3v) is 3.67. The lowest BCUT2D eigenvalue weighted by atomic mass is 9.97. The number of piperazine rings is 1. The number of carbonyl (C=O) groups excluding carboxylic acids is 1. The van der Waals surface area contributed by atoms with Crippen LogP contribution in [0.3, 0.4) is 0 Å². The molecule has 0 aliphatic carbocycles. The predicted octanol–water partition coefficient (Wildman–Crippen LogP) is 1.38. The molecule has 104 valence electrons. The van der Waals surface area contributed by atoms with Crippen LogP contribution in [-0.2, 0) is 4.79 Å². The second-order valence-corrected chi connectivity index (χ2v) is 5.96. The first-order valence-corrected chi connectivity index (χ1v) is 6.61. The quantitative estimate of drug-likeness (QED) is 0.846. The Morgan fingerprint density at radius 1 is 1.37 bits per heavy atom. The van der Waals surface area contributed by atoms with Gasteiger partial charge in [-0.15, -0.1) is 0 Å². The third kappa shape index (κ3) is 2.80. The zero-order chi connectivity index (χ0) is 14.2. The van der Waals surface area contributed by atoms with E-state index in [1.54, 1.807) is 4.90 Å². The van der Waals surface area contributed by atoms with Gasteiger partial charge in [0.25, 0.3) is 0 Å². The van der Waals surface area contributed by atoms with E-state index < -0.39 is 6.04 Å². The highest BCUT2D eigenvalue weighted by Gasteiger charge is 2.38. The Balaban J connectivity index is 2.35. The second-order valence-electron chi connectivity index (χ2n) is 5.96. The van der Waals surface area contributed by atoms with Gasteiger partial charge in [-0.1, -0.05) is 6.07 Å². The van der Waals surface area contributed by atoms with Crippen LogP contribution in [0.15, 0.2) is 18.2 Å². The van der Waals surface area contributed by atoms with Crippen LogP contribution >= 0.6 is 0 Å². The number of aliphatic hydroxyl groups is 1. The molecule has 4 heteroatoms. The molecule has 1 heterocycles. The van der Waals surface area contributed by atoms with Crippen LogP contribution < -0.4 is 10.2 Å². The maximum absolute atomic E-state index is 12.3. The van der Waals surface area contributed by atoms with Crippen molar-refractivity contribution < 1.29 is 9.90 Å². The van der Waals surface area contributed by atoms with E-state index in [4.69, 9.17) is 0 Å². The first-order valence-electron chi connectivity index (χ1n) is 6.61. The number of carbonyl (C=O) groups is 1. The topological polar surface area (TPSA) is 52.6 Å². The molecule has 0 radical (unpaired) electrons. The molecule has 1 fully saturated rings. The van der Waals surface area contributed by atoms with Gasteiger partial charge in [0.05, 0.1) is 6.61 Å². The monoisotopic (exact) mass is 262 g/mol. The summed E-state index contributed by atoms with van der Waals surface area (Å²) in [4.78, 5) is 14.1. The van der Waals surface area contributed by atoms with Crippen molar-refractivity contribution in [3.05, 3.63) is 29.3 Å². The number of benzene rings is 1. The summed E-state index contributed by atoms with van der Waals surface area (Å²) >= 11 is 0. The molecule has 1 aliphatic heterocycles. The minimum absolute atomic E-state index is 0.0647. The van der Waals surface area contributed by atoms with Gasteiger partial charge in [-0.25, -0.2) is 0 Å². The average molecular weight is 262 g/mol. The van der Waals surface area contributed by atoms with Gasteiger partial charge in [0.2, 0.25) is 5.91 Å². The van der Waals surface area contributed by atoms with Crippen molar-refractivity contribution >= 4 is 11.6 Å². The molecule has 1 aliphatic rings. The number of aryl methyl sites for hydroxylation is 2. The van der Waals surface area contributed by atoms with Gasteiger partial charge in [-0.05, 0) is 51.0 Å². The average Bonchev–Trinajstić information content (AvgIpc) is 2.35. The number of anilines is 1. The minimum atomic E-state index is -0.523. The van der Waals surface area contributed by atoms with Crippen LogP contribution in [0.2, 0.25) is 0 Å². The Bertz CT molecular complexity index is 497. The Morgan fingerprint density at radius 2 is 2.05 bits per heavy atom. The van der Waals surface area contributed by atoms with Gasteiger partial charge in [-0.3, -0.25) is 10.1 Å². The van der Waals surface area contributed by atoms with Crippen molar-refractivity contribution in [2.45, 2.75) is 39.3 Å². The molecule has 2 N–H and O–H groups in total. The fraction of sp³-hybridized carbons (Fsp3) is 0.533. The number of hydrogen-bond acceptors (Lipinski definition) is 3. The highest BCUT2D eigenvalue weighted by Crippen LogP contribution is 2.24. The zero-order valence-electron chi connectivity index (χ0n) is 12.0. The maximum Gasteiger partial charge on any atom is 0.246 e. The largest absolute Gasteiger partial charge is 0.394 e. The number of aliphatic hydroxyl groups excluding tert-OH is 1. The summed E-state index contributed by atoms with van der Waals surface area (Å²) in [6, 6.07) is 5.51. The van der Waals surface area contributed by atoms with E-state index in [1.807, 2.05) is 39.0 Å². The van der Waals surface area contributed by atoms with Gasteiger partial charge in [0.15, 0.2) is 0 Å². The molecule has 1 atom stereocenters. The van der Waals surface area contributed by atoms with Crippen molar-refractivity contribution in [2.24, 2.45) is 0 Å². The standard InChI is InChI=1S/C15H22N2O2/c1-10-5-6-12(7-11(10)2)17-9-15(3,4)16-13(8-18)14(17)19/h5-7,13,16,18H,8-9H2,1-4H3. The van der Waals surface area contributed by atoms with Gasteiger partial charge in [0.1, 0.15) is 6.04 Å². The van der Waals surface area contributed by atoms with Gasteiger partial charge in [0, 0.05) is 17.8 Å². The SMILES string of the molecule is Cc1ccc(N2CC(C)(C)NC(CO)C2=O)cc1C. The number of hydrogen-bond donors (Lipinski definition) is 2. The molecule has 0 bridgehead atoms. The van der Waals surface area contributed by atoms with E-state index in [2.05, 4.69) is 12.2 Å². The molecule has 1 unspecified atom stereocenters. The molecule has 1 aromatic carbocycles. The molecule has 0 spiro atoms. The summed E-state index contributed by atoms with van der Waals surface area (Å²) in [7, 11) is 0. The molecule has 19 heavy (non-hydrogen) atoms. The first-order chi connectivity index (χ1) is 8.84. The van der Waals surface area contributed by atoms with Crippen molar-refractivity contribution in [1.82, 2.24) is 5.32 Å². The first kappa shape index (κ1) is 14.0. The number of rotatable bonds is 2. The predicted molar refractivity (Wildman–Crippen MR) is 76.4 cm³/mol. The zero-order valence-corrected chi connectivity index (χ0v) is 12.0. The van der Waals surface area contributed by atoms with Crippen molar-refractivity contribution in [2.75, 3.05) is 18.1 Å². The lowest BCUT2D eigenvalue weighted by Gasteiger charge is -2.42. The van der Waals surface area contributed by atoms with Gasteiger partial charge < -0.3 is 10.0 Å². The molecule has 0 aromatic heterocycles. The van der Waals surface area contributed by atoms with E-state index in [0.717, 1.165) is 5.69 Å². The summed E-state index contributed by atoms with van der Waals surface area (Å²) in [6.07, 6.45) is 0. The summed E-state index contributed by atoms with van der Waals surface area (Å²) < 4.78 is 0. The summed E-state index contributed by atoms with van der Waals surface area (Å²) in [5, 5.41) is 12.5. The fourth-order valence-electron chi connectivity index (χ4n) is 2.48. The third-order valence-electron chi connectivity index (χ3n) is 3.67. The number of nitrogens with one attached hydrogen (secondary N) is 1. The van der Waals surface area contributed by atoms with Crippen LogP contribution in [0.25, 0.3) is 0 Å². The Hall–Kier alpha value is -1.39. The fourth-order valence-corrected chi connectivity index (χ4v) is 2.48. The van der Waals surface area contributed by atoms with E-state index in [1.165, 1.54) is 11.1 Å². The van der Waals surface area contributed by atoms with Crippen LogP contribution in [0.5, 0.6) is 0 Å². The van der Waals surface area contributed by atoms with E-state index in [0.29, 0.717) is 6.54 Å². The van der Waals surface area contributed by atoms with Crippen LogP contribution in [0, 0.1) is 13.8 Å². The Kier molecular flexibility index (Phi) is 3.65. The van der Waals surface area contributed by atoms with Crippen molar-refractivity contribution in [3.63, 3.8) is 0 Å². The summed E-state index contributed by atoms with van der Waals surface area (Å²) in [5.74, 6) is -0.0647. The number of nitrogens with zero attached hydrogens (tertiary/aromatic N) is 1. The second kappa shape index (κ2) is 4.94.